The number of carbonyl (C=O) groups is 1. The maximum Gasteiger partial charge on any atom is 0.321 e. The maximum absolute atomic E-state index is 11.2. The van der Waals surface area contributed by atoms with E-state index < -0.39 is 5.97 Å². The topological polar surface area (TPSA) is 40.5 Å². The quantitative estimate of drug-likeness (QED) is 0.844. The van der Waals surface area contributed by atoms with Gasteiger partial charge in [0.15, 0.2) is 0 Å². The average molecular weight is 219 g/mol. The van der Waals surface area contributed by atoms with Crippen molar-refractivity contribution in [3.63, 3.8) is 0 Å². The van der Waals surface area contributed by atoms with Crippen LogP contribution < -0.4 is 0 Å². The van der Waals surface area contributed by atoms with Crippen molar-refractivity contribution < 1.29 is 9.90 Å². The molecule has 0 fully saturated rings. The van der Waals surface area contributed by atoms with Gasteiger partial charge >= 0.3 is 5.97 Å². The van der Waals surface area contributed by atoms with E-state index in [1.165, 1.54) is 11.1 Å². The second kappa shape index (κ2) is 4.66. The third-order valence-electron chi connectivity index (χ3n) is 3.14. The number of rotatable bonds is 3. The minimum Gasteiger partial charge on any atom is -0.480 e. The minimum absolute atomic E-state index is 0.352. The molecule has 0 amide bonds. The fourth-order valence-electron chi connectivity index (χ4n) is 2.34. The molecule has 2 rings (SSSR count). The Bertz CT molecular complexity index is 389. The van der Waals surface area contributed by atoms with E-state index in [1.54, 1.807) is 0 Å². The van der Waals surface area contributed by atoms with E-state index >= 15 is 0 Å². The van der Waals surface area contributed by atoms with Crippen molar-refractivity contribution in [1.29, 1.82) is 0 Å². The molecular formula is C13H17NO2. The summed E-state index contributed by atoms with van der Waals surface area (Å²) in [6.07, 6.45) is 1.62. The van der Waals surface area contributed by atoms with Crippen molar-refractivity contribution in [3.8, 4) is 0 Å². The van der Waals surface area contributed by atoms with Crippen LogP contribution >= 0.6 is 0 Å². The highest BCUT2D eigenvalue weighted by molar-refractivity contribution is 5.74. The van der Waals surface area contributed by atoms with E-state index in [0.717, 1.165) is 19.5 Å². The third-order valence-corrected chi connectivity index (χ3v) is 3.14. The molecule has 0 bridgehead atoms. The summed E-state index contributed by atoms with van der Waals surface area (Å²) in [5.41, 5.74) is 2.45. The molecule has 1 aromatic carbocycles. The summed E-state index contributed by atoms with van der Waals surface area (Å²) >= 11 is 0. The first kappa shape index (κ1) is 11.1. The lowest BCUT2D eigenvalue weighted by Crippen LogP contribution is -2.45. The Labute approximate surface area is 95.7 Å². The van der Waals surface area contributed by atoms with E-state index in [2.05, 4.69) is 17.9 Å². The Kier molecular flexibility index (Phi) is 3.25. The Balaban J connectivity index is 2.25. The summed E-state index contributed by atoms with van der Waals surface area (Å²) < 4.78 is 0. The second-order valence-electron chi connectivity index (χ2n) is 4.30. The zero-order chi connectivity index (χ0) is 11.5. The maximum atomic E-state index is 11.2. The van der Waals surface area contributed by atoms with Crippen LogP contribution in [-0.4, -0.2) is 28.6 Å². The van der Waals surface area contributed by atoms with Gasteiger partial charge in [0.2, 0.25) is 0 Å². The molecule has 86 valence electrons. The molecule has 1 unspecified atom stereocenters. The zero-order valence-corrected chi connectivity index (χ0v) is 9.52. The van der Waals surface area contributed by atoms with Crippen LogP contribution in [0.3, 0.4) is 0 Å². The van der Waals surface area contributed by atoms with Crippen molar-refractivity contribution >= 4 is 5.97 Å². The van der Waals surface area contributed by atoms with Gasteiger partial charge in [0.05, 0.1) is 0 Å². The molecule has 0 aliphatic carbocycles. The molecule has 16 heavy (non-hydrogen) atoms. The SMILES string of the molecule is CCCN1Cc2ccccc2CC1C(=O)O. The van der Waals surface area contributed by atoms with Gasteiger partial charge in [-0.15, -0.1) is 0 Å². The van der Waals surface area contributed by atoms with Crippen LogP contribution in [0.15, 0.2) is 24.3 Å². The largest absolute Gasteiger partial charge is 0.480 e. The highest BCUT2D eigenvalue weighted by atomic mass is 16.4. The molecular weight excluding hydrogens is 202 g/mol. The van der Waals surface area contributed by atoms with Gasteiger partial charge in [0.25, 0.3) is 0 Å². The summed E-state index contributed by atoms with van der Waals surface area (Å²) in [6.45, 7) is 3.70. The number of fused-ring (bicyclic) bond motifs is 1. The van der Waals surface area contributed by atoms with Crippen LogP contribution in [0, 0.1) is 0 Å². The summed E-state index contributed by atoms with van der Waals surface area (Å²) in [5, 5.41) is 9.22. The molecule has 1 N–H and O–H groups in total. The first-order chi connectivity index (χ1) is 7.72. The van der Waals surface area contributed by atoms with Crippen LogP contribution in [-0.2, 0) is 17.8 Å². The van der Waals surface area contributed by atoms with E-state index in [1.807, 2.05) is 18.2 Å². The fourth-order valence-corrected chi connectivity index (χ4v) is 2.34. The standard InChI is InChI=1S/C13H17NO2/c1-2-7-14-9-11-6-4-3-5-10(11)8-12(14)13(15)16/h3-6,12H,2,7-9H2,1H3,(H,15,16). The lowest BCUT2D eigenvalue weighted by atomic mass is 9.94. The fraction of sp³-hybridized carbons (Fsp3) is 0.462. The van der Waals surface area contributed by atoms with Gasteiger partial charge in [-0.1, -0.05) is 31.2 Å². The predicted octanol–water partition coefficient (Wildman–Crippen LogP) is 1.91. The van der Waals surface area contributed by atoms with E-state index in [-0.39, 0.29) is 6.04 Å². The van der Waals surface area contributed by atoms with Gasteiger partial charge < -0.3 is 5.11 Å². The highest BCUT2D eigenvalue weighted by Crippen LogP contribution is 2.23. The van der Waals surface area contributed by atoms with Crippen molar-refractivity contribution in [2.75, 3.05) is 6.54 Å². The Hall–Kier alpha value is -1.35. The predicted molar refractivity (Wildman–Crippen MR) is 62.3 cm³/mol. The van der Waals surface area contributed by atoms with Crippen molar-refractivity contribution in [2.45, 2.75) is 32.4 Å². The molecule has 1 aromatic rings. The molecule has 1 heterocycles. The van der Waals surface area contributed by atoms with E-state index in [4.69, 9.17) is 0 Å². The first-order valence-electron chi connectivity index (χ1n) is 5.76. The summed E-state index contributed by atoms with van der Waals surface area (Å²) in [6, 6.07) is 7.77. The lowest BCUT2D eigenvalue weighted by Gasteiger charge is -2.34. The number of nitrogens with zero attached hydrogens (tertiary/aromatic N) is 1. The number of carboxylic acids is 1. The van der Waals surface area contributed by atoms with Crippen LogP contribution in [0.5, 0.6) is 0 Å². The molecule has 0 radical (unpaired) electrons. The van der Waals surface area contributed by atoms with Gasteiger partial charge in [-0.3, -0.25) is 9.69 Å². The molecule has 3 nitrogen and oxygen atoms in total. The van der Waals surface area contributed by atoms with Crippen molar-refractivity contribution in [3.05, 3.63) is 35.4 Å². The first-order valence-corrected chi connectivity index (χ1v) is 5.76. The monoisotopic (exact) mass is 219 g/mol. The Morgan fingerprint density at radius 2 is 2.12 bits per heavy atom. The number of aliphatic carboxylic acids is 1. The third kappa shape index (κ3) is 2.09. The molecule has 0 saturated carbocycles. The van der Waals surface area contributed by atoms with Gasteiger partial charge in [-0.25, -0.2) is 0 Å². The van der Waals surface area contributed by atoms with E-state index in [9.17, 15) is 9.90 Å². The molecule has 0 spiro atoms. The molecule has 0 aromatic heterocycles. The molecule has 3 heteroatoms. The van der Waals surface area contributed by atoms with Crippen LogP contribution in [0.25, 0.3) is 0 Å². The smallest absolute Gasteiger partial charge is 0.321 e. The van der Waals surface area contributed by atoms with Gasteiger partial charge in [-0.2, -0.15) is 0 Å². The van der Waals surface area contributed by atoms with Gasteiger partial charge in [0, 0.05) is 6.54 Å². The Morgan fingerprint density at radius 1 is 1.44 bits per heavy atom. The van der Waals surface area contributed by atoms with Crippen LogP contribution in [0.4, 0.5) is 0 Å². The number of carboxylic acid groups (broad SMARTS) is 1. The van der Waals surface area contributed by atoms with Crippen molar-refractivity contribution in [2.24, 2.45) is 0 Å². The number of benzene rings is 1. The number of hydrogen-bond acceptors (Lipinski definition) is 2. The summed E-state index contributed by atoms with van der Waals surface area (Å²) in [5.74, 6) is -0.706. The average Bonchev–Trinajstić information content (AvgIpc) is 2.28. The summed E-state index contributed by atoms with van der Waals surface area (Å²) in [7, 11) is 0. The van der Waals surface area contributed by atoms with Gasteiger partial charge in [-0.05, 0) is 30.5 Å². The number of hydrogen-bond donors (Lipinski definition) is 1. The molecule has 0 saturated heterocycles. The van der Waals surface area contributed by atoms with Crippen molar-refractivity contribution in [1.82, 2.24) is 4.90 Å². The normalized spacial score (nSPS) is 20.4. The highest BCUT2D eigenvalue weighted by Gasteiger charge is 2.30. The van der Waals surface area contributed by atoms with E-state index in [0.29, 0.717) is 6.42 Å². The zero-order valence-electron chi connectivity index (χ0n) is 9.52. The van der Waals surface area contributed by atoms with Crippen LogP contribution in [0.1, 0.15) is 24.5 Å². The molecule has 1 atom stereocenters. The Morgan fingerprint density at radius 3 is 2.75 bits per heavy atom. The second-order valence-corrected chi connectivity index (χ2v) is 4.30. The van der Waals surface area contributed by atoms with Crippen LogP contribution in [0.2, 0.25) is 0 Å². The van der Waals surface area contributed by atoms with Gasteiger partial charge in [0.1, 0.15) is 6.04 Å². The molecule has 1 aliphatic heterocycles. The molecule has 1 aliphatic rings. The minimum atomic E-state index is -0.706. The lowest BCUT2D eigenvalue weighted by molar-refractivity contribution is -0.143. The summed E-state index contributed by atoms with van der Waals surface area (Å²) in [4.78, 5) is 13.3.